The smallest absolute Gasteiger partial charge is 0.328 e. The fraction of sp³-hybridized carbons (Fsp3) is 0.412. The summed E-state index contributed by atoms with van der Waals surface area (Å²) in [7, 11) is 1.79. The minimum atomic E-state index is -1.01. The number of carbonyl (C=O) groups excluding carboxylic acids is 1. The molecule has 0 bridgehead atoms. The predicted octanol–water partition coefficient (Wildman–Crippen LogP) is 3.29. The molecule has 0 radical (unpaired) electrons. The zero-order valence-electron chi connectivity index (χ0n) is 13.3. The summed E-state index contributed by atoms with van der Waals surface area (Å²) in [5.74, 6) is -1.08. The Labute approximate surface area is 126 Å². The Balaban J connectivity index is 2.98. The third-order valence-electron chi connectivity index (χ3n) is 3.71. The molecule has 0 aliphatic heterocycles. The summed E-state index contributed by atoms with van der Waals surface area (Å²) in [5.41, 5.74) is 1.24. The Kier molecular flexibility index (Phi) is 5.30. The van der Waals surface area contributed by atoms with E-state index in [0.29, 0.717) is 11.1 Å². The zero-order valence-corrected chi connectivity index (χ0v) is 13.3. The first-order chi connectivity index (χ1) is 9.62. The van der Waals surface area contributed by atoms with E-state index in [2.05, 4.69) is 20.8 Å². The van der Waals surface area contributed by atoms with Gasteiger partial charge in [-0.1, -0.05) is 32.9 Å². The summed E-state index contributed by atoms with van der Waals surface area (Å²) in [6, 6.07) is 7.05. The van der Waals surface area contributed by atoms with Crippen molar-refractivity contribution in [2.24, 2.45) is 5.41 Å². The number of nitrogens with zero attached hydrogens (tertiary/aromatic N) is 1. The van der Waals surface area contributed by atoms with Crippen LogP contribution in [0.4, 0.5) is 0 Å². The Morgan fingerprint density at radius 3 is 2.43 bits per heavy atom. The van der Waals surface area contributed by atoms with Crippen LogP contribution in [0.25, 0.3) is 6.08 Å². The highest BCUT2D eigenvalue weighted by atomic mass is 16.4. The maximum absolute atomic E-state index is 12.5. The van der Waals surface area contributed by atoms with Gasteiger partial charge in [-0.15, -0.1) is 0 Å². The highest BCUT2D eigenvalue weighted by molar-refractivity contribution is 5.95. The monoisotopic (exact) mass is 289 g/mol. The van der Waals surface area contributed by atoms with Crippen LogP contribution >= 0.6 is 0 Å². The SMILES string of the molecule is CC(N(C)C(=O)c1cccc(C=CC(=O)O)c1)C(C)(C)C. The highest BCUT2D eigenvalue weighted by Crippen LogP contribution is 2.24. The molecule has 114 valence electrons. The average molecular weight is 289 g/mol. The number of carboxylic acids is 1. The van der Waals surface area contributed by atoms with Crippen LogP contribution in [0.2, 0.25) is 0 Å². The lowest BCUT2D eigenvalue weighted by Gasteiger charge is -2.35. The lowest BCUT2D eigenvalue weighted by molar-refractivity contribution is -0.131. The van der Waals surface area contributed by atoms with E-state index in [0.717, 1.165) is 6.08 Å². The van der Waals surface area contributed by atoms with E-state index in [4.69, 9.17) is 5.11 Å². The van der Waals surface area contributed by atoms with Crippen LogP contribution in [0.1, 0.15) is 43.6 Å². The normalized spacial score (nSPS) is 13.2. The van der Waals surface area contributed by atoms with E-state index < -0.39 is 5.97 Å². The van der Waals surface area contributed by atoms with Crippen molar-refractivity contribution in [3.63, 3.8) is 0 Å². The van der Waals surface area contributed by atoms with Gasteiger partial charge in [-0.05, 0) is 36.1 Å². The lowest BCUT2D eigenvalue weighted by Crippen LogP contribution is -2.42. The van der Waals surface area contributed by atoms with E-state index in [1.54, 1.807) is 36.2 Å². The molecular weight excluding hydrogens is 266 g/mol. The predicted molar refractivity (Wildman–Crippen MR) is 84.1 cm³/mol. The molecule has 1 atom stereocenters. The second-order valence-electron chi connectivity index (χ2n) is 6.26. The number of carbonyl (C=O) groups is 2. The van der Waals surface area contributed by atoms with Crippen molar-refractivity contribution in [1.82, 2.24) is 4.90 Å². The van der Waals surface area contributed by atoms with E-state index >= 15 is 0 Å². The minimum Gasteiger partial charge on any atom is -0.478 e. The number of rotatable bonds is 4. The van der Waals surface area contributed by atoms with Crippen molar-refractivity contribution >= 4 is 18.0 Å². The second-order valence-corrected chi connectivity index (χ2v) is 6.26. The van der Waals surface area contributed by atoms with Crippen LogP contribution in [-0.4, -0.2) is 35.0 Å². The van der Waals surface area contributed by atoms with E-state index in [1.165, 1.54) is 6.08 Å². The van der Waals surface area contributed by atoms with Crippen molar-refractivity contribution in [3.05, 3.63) is 41.5 Å². The molecule has 1 rings (SSSR count). The summed E-state index contributed by atoms with van der Waals surface area (Å²) in [6.45, 7) is 8.29. The molecule has 1 N–H and O–H groups in total. The molecule has 0 spiro atoms. The number of aliphatic carboxylic acids is 1. The fourth-order valence-electron chi connectivity index (χ4n) is 1.90. The molecule has 4 nitrogen and oxygen atoms in total. The molecule has 1 amide bonds. The van der Waals surface area contributed by atoms with Crippen LogP contribution in [0, 0.1) is 5.41 Å². The molecule has 1 aromatic rings. The molecule has 0 saturated heterocycles. The zero-order chi connectivity index (χ0) is 16.2. The molecule has 1 unspecified atom stereocenters. The molecule has 0 heterocycles. The van der Waals surface area contributed by atoms with Crippen molar-refractivity contribution in [2.45, 2.75) is 33.7 Å². The standard InChI is InChI=1S/C17H23NO3/c1-12(17(2,3)4)18(5)16(21)14-8-6-7-13(11-14)9-10-15(19)20/h6-12H,1-5H3,(H,19,20). The molecule has 0 saturated carbocycles. The van der Waals surface area contributed by atoms with Crippen molar-refractivity contribution in [1.29, 1.82) is 0 Å². The first-order valence-electron chi connectivity index (χ1n) is 6.91. The number of hydrogen-bond donors (Lipinski definition) is 1. The molecule has 0 fully saturated rings. The maximum atomic E-state index is 12.5. The maximum Gasteiger partial charge on any atom is 0.328 e. The third kappa shape index (κ3) is 4.74. The molecule has 1 aromatic carbocycles. The largest absolute Gasteiger partial charge is 0.478 e. The van der Waals surface area contributed by atoms with E-state index in [-0.39, 0.29) is 17.4 Å². The van der Waals surface area contributed by atoms with Crippen molar-refractivity contribution in [3.8, 4) is 0 Å². The highest BCUT2D eigenvalue weighted by Gasteiger charge is 2.27. The Morgan fingerprint density at radius 1 is 1.29 bits per heavy atom. The number of carboxylic acid groups (broad SMARTS) is 1. The second kappa shape index (κ2) is 6.57. The summed E-state index contributed by atoms with van der Waals surface area (Å²) < 4.78 is 0. The van der Waals surface area contributed by atoms with Crippen LogP contribution < -0.4 is 0 Å². The molecule has 0 aliphatic carbocycles. The number of amides is 1. The Morgan fingerprint density at radius 2 is 1.90 bits per heavy atom. The van der Waals surface area contributed by atoms with Gasteiger partial charge in [0.25, 0.3) is 5.91 Å². The molecule has 0 aromatic heterocycles. The fourth-order valence-corrected chi connectivity index (χ4v) is 1.90. The van der Waals surface area contributed by atoms with Gasteiger partial charge >= 0.3 is 5.97 Å². The topological polar surface area (TPSA) is 57.6 Å². The van der Waals surface area contributed by atoms with Crippen LogP contribution in [0.15, 0.2) is 30.3 Å². The van der Waals surface area contributed by atoms with Gasteiger partial charge in [0.05, 0.1) is 0 Å². The lowest BCUT2D eigenvalue weighted by atomic mass is 9.87. The van der Waals surface area contributed by atoms with Gasteiger partial charge in [0.2, 0.25) is 0 Å². The van der Waals surface area contributed by atoms with Crippen molar-refractivity contribution < 1.29 is 14.7 Å². The van der Waals surface area contributed by atoms with Gasteiger partial charge in [0.15, 0.2) is 0 Å². The average Bonchev–Trinajstić information content (AvgIpc) is 2.42. The van der Waals surface area contributed by atoms with Crippen LogP contribution in [-0.2, 0) is 4.79 Å². The summed E-state index contributed by atoms with van der Waals surface area (Å²) in [5, 5.41) is 8.64. The quantitative estimate of drug-likeness (QED) is 0.865. The summed E-state index contributed by atoms with van der Waals surface area (Å²) in [6.07, 6.45) is 2.54. The van der Waals surface area contributed by atoms with Crippen molar-refractivity contribution in [2.75, 3.05) is 7.05 Å². The van der Waals surface area contributed by atoms with Gasteiger partial charge in [0.1, 0.15) is 0 Å². The molecule has 21 heavy (non-hydrogen) atoms. The van der Waals surface area contributed by atoms with Gasteiger partial charge in [-0.2, -0.15) is 0 Å². The summed E-state index contributed by atoms with van der Waals surface area (Å²) in [4.78, 5) is 24.8. The molecule has 4 heteroatoms. The van der Waals surface area contributed by atoms with Gasteiger partial charge in [-0.3, -0.25) is 4.79 Å². The summed E-state index contributed by atoms with van der Waals surface area (Å²) >= 11 is 0. The molecular formula is C17H23NO3. The van der Waals surface area contributed by atoms with E-state index in [9.17, 15) is 9.59 Å². The Hall–Kier alpha value is -2.10. The van der Waals surface area contributed by atoms with E-state index in [1.807, 2.05) is 6.92 Å². The number of hydrogen-bond acceptors (Lipinski definition) is 2. The first-order valence-corrected chi connectivity index (χ1v) is 6.91. The van der Waals surface area contributed by atoms with Gasteiger partial charge in [0, 0.05) is 24.7 Å². The first kappa shape index (κ1) is 17.0. The van der Waals surface area contributed by atoms with Crippen LogP contribution in [0.5, 0.6) is 0 Å². The molecule has 0 aliphatic rings. The Bertz CT molecular complexity index is 555. The van der Waals surface area contributed by atoms with Gasteiger partial charge in [-0.25, -0.2) is 4.79 Å². The van der Waals surface area contributed by atoms with Crippen LogP contribution in [0.3, 0.4) is 0 Å². The van der Waals surface area contributed by atoms with Gasteiger partial charge < -0.3 is 10.0 Å². The third-order valence-corrected chi connectivity index (χ3v) is 3.71. The minimum absolute atomic E-state index is 0.00870. The number of benzene rings is 1.